The van der Waals surface area contributed by atoms with E-state index in [1.165, 1.54) is 35.7 Å². The molecule has 35 heavy (non-hydrogen) atoms. The molecule has 196 valence electrons. The van der Waals surface area contributed by atoms with Gasteiger partial charge in [-0.25, -0.2) is 0 Å². The maximum Gasteiger partial charge on any atom is 0.123 e. The molecule has 2 unspecified atom stereocenters. The average molecular weight is 498 g/mol. The Balaban J connectivity index is 2.67. The van der Waals surface area contributed by atoms with Gasteiger partial charge in [-0.3, -0.25) is 0 Å². The van der Waals surface area contributed by atoms with Gasteiger partial charge >= 0.3 is 0 Å². The third-order valence-corrected chi connectivity index (χ3v) is 8.72. The fourth-order valence-electron chi connectivity index (χ4n) is 4.51. The number of hydrogen-bond donors (Lipinski definition) is 2. The van der Waals surface area contributed by atoms with Crippen molar-refractivity contribution in [3.8, 4) is 5.75 Å². The van der Waals surface area contributed by atoms with Crippen LogP contribution in [0.2, 0.25) is 0 Å². The van der Waals surface area contributed by atoms with E-state index in [9.17, 15) is 5.11 Å². The number of benzene rings is 2. The van der Waals surface area contributed by atoms with Crippen molar-refractivity contribution in [1.82, 2.24) is 5.32 Å². The van der Waals surface area contributed by atoms with Gasteiger partial charge in [0.1, 0.15) is 5.75 Å². The first kappa shape index (κ1) is 29.9. The molecule has 2 atom stereocenters. The Morgan fingerprint density at radius 3 is 1.94 bits per heavy atom. The number of phenols is 1. The second kappa shape index (κ2) is 11.4. The molecular weight excluding hydrogens is 445 g/mol. The van der Waals surface area contributed by atoms with Gasteiger partial charge in [-0.15, -0.1) is 0 Å². The highest BCUT2D eigenvalue weighted by atomic mass is 31.1. The smallest absolute Gasteiger partial charge is 0.123 e. The Morgan fingerprint density at radius 2 is 1.40 bits per heavy atom. The second-order valence-electron chi connectivity index (χ2n) is 13.6. The number of nitrogens with one attached hydrogen (secondary N) is 1. The number of unbranched alkanes of at least 4 members (excludes halogenated alkanes) is 2. The summed E-state index contributed by atoms with van der Waals surface area (Å²) >= 11 is 0. The lowest BCUT2D eigenvalue weighted by atomic mass is 9.77. The van der Waals surface area contributed by atoms with Crippen LogP contribution in [0, 0.1) is 0 Å². The average Bonchev–Trinajstić information content (AvgIpc) is 2.71. The van der Waals surface area contributed by atoms with Crippen LogP contribution in [-0.2, 0) is 22.5 Å². The molecule has 0 aromatic heterocycles. The Morgan fingerprint density at radius 1 is 0.800 bits per heavy atom. The van der Waals surface area contributed by atoms with Crippen LogP contribution in [0.5, 0.6) is 5.75 Å². The molecule has 2 aromatic rings. The van der Waals surface area contributed by atoms with Crippen molar-refractivity contribution in [2.45, 2.75) is 130 Å². The first-order valence-corrected chi connectivity index (χ1v) is 14.5. The molecule has 0 aliphatic rings. The minimum atomic E-state index is -0.127. The first-order chi connectivity index (χ1) is 16.0. The van der Waals surface area contributed by atoms with E-state index in [0.29, 0.717) is 14.3 Å². The number of hydrogen-bond acceptors (Lipinski definition) is 2. The summed E-state index contributed by atoms with van der Waals surface area (Å²) in [5.41, 5.74) is 4.83. The minimum Gasteiger partial charge on any atom is -0.507 e. The normalized spacial score (nSPS) is 15.1. The molecule has 2 rings (SSSR count). The van der Waals surface area contributed by atoms with E-state index in [0.717, 1.165) is 24.1 Å². The Hall–Kier alpha value is -1.37. The van der Waals surface area contributed by atoms with Gasteiger partial charge in [0.2, 0.25) is 0 Å². The molecule has 0 saturated heterocycles. The van der Waals surface area contributed by atoms with E-state index < -0.39 is 0 Å². The molecule has 2 N–H and O–H groups in total. The van der Waals surface area contributed by atoms with Gasteiger partial charge in [-0.05, 0) is 60.0 Å². The maximum absolute atomic E-state index is 11.8. The fourth-order valence-corrected chi connectivity index (χ4v) is 6.24. The van der Waals surface area contributed by atoms with Crippen LogP contribution in [0.25, 0.3) is 0 Å². The van der Waals surface area contributed by atoms with E-state index in [1.54, 1.807) is 0 Å². The zero-order valence-electron chi connectivity index (χ0n) is 24.4. The van der Waals surface area contributed by atoms with Crippen LogP contribution in [0.15, 0.2) is 36.4 Å². The summed E-state index contributed by atoms with van der Waals surface area (Å²) < 4.78 is 0. The van der Waals surface area contributed by atoms with E-state index in [-0.39, 0.29) is 21.5 Å². The predicted octanol–water partition coefficient (Wildman–Crippen LogP) is 8.67. The summed E-state index contributed by atoms with van der Waals surface area (Å²) in [6, 6.07) is 13.4. The standard InChI is InChI=1S/C32H52NOP/c1-12-13-16-19-32(11,35-27-18-15-14-17-23(27)22-33-31(8,9)10)26-21-24(29(2,3)4)20-25(28(26)34)30(5,6)7/h14-15,17-18,20-21,33-35H,12-13,16,19,22H2,1-11H3. The highest BCUT2D eigenvalue weighted by Gasteiger charge is 2.35. The topological polar surface area (TPSA) is 32.3 Å². The number of aromatic hydroxyl groups is 1. The fraction of sp³-hybridized carbons (Fsp3) is 0.625. The van der Waals surface area contributed by atoms with Gasteiger partial charge in [0.05, 0.1) is 0 Å². The van der Waals surface area contributed by atoms with Crippen LogP contribution >= 0.6 is 8.58 Å². The highest BCUT2D eigenvalue weighted by molar-refractivity contribution is 7.48. The summed E-state index contributed by atoms with van der Waals surface area (Å²) in [6.07, 6.45) is 4.67. The predicted molar refractivity (Wildman–Crippen MR) is 158 cm³/mol. The zero-order chi connectivity index (χ0) is 26.7. The Kier molecular flexibility index (Phi) is 9.68. The summed E-state index contributed by atoms with van der Waals surface area (Å²) in [5, 5.41) is 16.7. The lowest BCUT2D eigenvalue weighted by Crippen LogP contribution is -2.36. The summed E-state index contributed by atoms with van der Waals surface area (Å²) in [7, 11) is 0.585. The van der Waals surface area contributed by atoms with Gasteiger partial charge in [0.15, 0.2) is 0 Å². The van der Waals surface area contributed by atoms with E-state index in [1.807, 2.05) is 0 Å². The molecule has 0 radical (unpaired) electrons. The summed E-state index contributed by atoms with van der Waals surface area (Å²) in [6.45, 7) is 25.6. The Bertz CT molecular complexity index is 975. The monoisotopic (exact) mass is 497 g/mol. The molecular formula is C32H52NOP. The van der Waals surface area contributed by atoms with Crippen LogP contribution in [0.3, 0.4) is 0 Å². The van der Waals surface area contributed by atoms with Crippen molar-refractivity contribution in [2.24, 2.45) is 0 Å². The Labute approximate surface area is 218 Å². The molecule has 0 bridgehead atoms. The van der Waals surface area contributed by atoms with Crippen LogP contribution in [0.1, 0.15) is 124 Å². The lowest BCUT2D eigenvalue weighted by molar-refractivity contribution is 0.424. The number of phenolic OH excluding ortho intramolecular Hbond substituents is 1. The second-order valence-corrected chi connectivity index (χ2v) is 15.5. The van der Waals surface area contributed by atoms with E-state index in [4.69, 9.17) is 0 Å². The molecule has 0 heterocycles. The van der Waals surface area contributed by atoms with Crippen molar-refractivity contribution in [3.05, 3.63) is 58.7 Å². The quantitative estimate of drug-likeness (QED) is 0.268. The van der Waals surface area contributed by atoms with Crippen molar-refractivity contribution < 1.29 is 5.11 Å². The van der Waals surface area contributed by atoms with Gasteiger partial charge in [0.25, 0.3) is 0 Å². The molecule has 3 heteroatoms. The van der Waals surface area contributed by atoms with E-state index >= 15 is 0 Å². The van der Waals surface area contributed by atoms with Crippen molar-refractivity contribution in [3.63, 3.8) is 0 Å². The van der Waals surface area contributed by atoms with Gasteiger partial charge in [0, 0.05) is 22.8 Å². The van der Waals surface area contributed by atoms with Crippen molar-refractivity contribution in [1.29, 1.82) is 0 Å². The molecule has 0 aliphatic carbocycles. The van der Waals surface area contributed by atoms with Crippen LogP contribution in [-0.4, -0.2) is 10.6 Å². The lowest BCUT2D eigenvalue weighted by Gasteiger charge is -2.36. The van der Waals surface area contributed by atoms with Crippen LogP contribution < -0.4 is 10.6 Å². The third-order valence-electron chi connectivity index (χ3n) is 6.90. The molecule has 2 nitrogen and oxygen atoms in total. The van der Waals surface area contributed by atoms with Gasteiger partial charge < -0.3 is 10.4 Å². The summed E-state index contributed by atoms with van der Waals surface area (Å²) in [5.74, 6) is 0.502. The maximum atomic E-state index is 11.8. The third kappa shape index (κ3) is 8.33. The SMILES string of the molecule is CCCCCC(C)(Pc1ccccc1CNC(C)(C)C)c1cc(C(C)(C)C)cc(C(C)(C)C)c1O. The van der Waals surface area contributed by atoms with Gasteiger partial charge in [-0.1, -0.05) is 120 Å². The van der Waals surface area contributed by atoms with E-state index in [2.05, 4.69) is 118 Å². The molecule has 2 aromatic carbocycles. The van der Waals surface area contributed by atoms with Crippen molar-refractivity contribution in [2.75, 3.05) is 0 Å². The first-order valence-electron chi connectivity index (χ1n) is 13.5. The minimum absolute atomic E-state index is 0.0183. The molecule has 0 amide bonds. The molecule has 0 spiro atoms. The zero-order valence-corrected chi connectivity index (χ0v) is 25.4. The summed E-state index contributed by atoms with van der Waals surface area (Å²) in [4.78, 5) is 0. The molecule has 0 aliphatic heterocycles. The van der Waals surface area contributed by atoms with Gasteiger partial charge in [-0.2, -0.15) is 0 Å². The van der Waals surface area contributed by atoms with Crippen LogP contribution in [0.4, 0.5) is 0 Å². The highest BCUT2D eigenvalue weighted by Crippen LogP contribution is 2.51. The largest absolute Gasteiger partial charge is 0.507 e. The molecule has 0 saturated carbocycles. The number of rotatable bonds is 9. The molecule has 0 fully saturated rings. The van der Waals surface area contributed by atoms with Crippen molar-refractivity contribution >= 4 is 13.9 Å².